The Kier molecular flexibility index (Phi) is 21.6. The number of carboxylic acids is 1. The van der Waals surface area contributed by atoms with E-state index in [1.165, 1.54) is 10.4 Å². The van der Waals surface area contributed by atoms with Crippen LogP contribution in [-0.4, -0.2) is 132 Å². The molecule has 2 rings (SSSR count). The molecule has 0 radical (unpaired) electrons. The third kappa shape index (κ3) is 16.5. The monoisotopic (exact) mass is 666 g/mol. The van der Waals surface area contributed by atoms with Crippen molar-refractivity contribution in [3.05, 3.63) is 60.7 Å². The van der Waals surface area contributed by atoms with Crippen LogP contribution in [0.4, 0.5) is 0 Å². The van der Waals surface area contributed by atoms with Gasteiger partial charge in [-0.2, -0.15) is 0 Å². The van der Waals surface area contributed by atoms with Crippen LogP contribution in [0, 0.1) is 0 Å². The van der Waals surface area contributed by atoms with Gasteiger partial charge in [0.1, 0.15) is 6.61 Å². The SMILES string of the molecule is CC(C)(C)[Si](OCCOCCOCCOCCOCCOCCOCCOCCOCC(=O)O)(c1ccccc1)c1ccccc1. The highest BCUT2D eigenvalue weighted by Crippen LogP contribution is 2.36. The molecule has 0 unspecified atom stereocenters. The Labute approximate surface area is 275 Å². The molecule has 2 aromatic rings. The second kappa shape index (κ2) is 24.9. The molecule has 0 aliphatic carbocycles. The van der Waals surface area contributed by atoms with Gasteiger partial charge in [-0.15, -0.1) is 0 Å². The predicted octanol–water partition coefficient (Wildman–Crippen LogP) is 2.78. The van der Waals surface area contributed by atoms with Crippen molar-refractivity contribution in [2.75, 3.05) is 112 Å². The molecule has 0 atom stereocenters. The average Bonchev–Trinajstić information content (AvgIpc) is 3.04. The largest absolute Gasteiger partial charge is 0.480 e. The van der Waals surface area contributed by atoms with Crippen LogP contribution in [0.25, 0.3) is 0 Å². The van der Waals surface area contributed by atoms with Crippen LogP contribution in [-0.2, 0) is 47.1 Å². The lowest BCUT2D eigenvalue weighted by Gasteiger charge is -2.43. The third-order valence-electron chi connectivity index (χ3n) is 6.79. The Morgan fingerprint density at radius 2 is 0.783 bits per heavy atom. The Hall–Kier alpha value is -2.23. The normalized spacial score (nSPS) is 12.1. The van der Waals surface area contributed by atoms with E-state index >= 15 is 0 Å². The van der Waals surface area contributed by atoms with Crippen molar-refractivity contribution >= 4 is 24.7 Å². The second-order valence-electron chi connectivity index (χ2n) is 11.2. The van der Waals surface area contributed by atoms with Gasteiger partial charge in [-0.1, -0.05) is 81.4 Å². The lowest BCUT2D eigenvalue weighted by Crippen LogP contribution is -2.66. The summed E-state index contributed by atoms with van der Waals surface area (Å²) in [6, 6.07) is 21.2. The van der Waals surface area contributed by atoms with Crippen LogP contribution in [0.1, 0.15) is 20.8 Å². The lowest BCUT2D eigenvalue weighted by atomic mass is 10.2. The highest BCUT2D eigenvalue weighted by Gasteiger charge is 2.49. The molecular weight excluding hydrogens is 612 g/mol. The van der Waals surface area contributed by atoms with Crippen LogP contribution in [0.3, 0.4) is 0 Å². The van der Waals surface area contributed by atoms with E-state index in [-0.39, 0.29) is 18.3 Å². The zero-order valence-corrected chi connectivity index (χ0v) is 28.8. The predicted molar refractivity (Wildman–Crippen MR) is 178 cm³/mol. The van der Waals surface area contributed by atoms with Gasteiger partial charge in [-0.25, -0.2) is 4.79 Å². The van der Waals surface area contributed by atoms with Crippen molar-refractivity contribution in [3.63, 3.8) is 0 Å². The molecular formula is C34H54O11Si. The molecule has 0 fully saturated rings. The molecule has 0 saturated carbocycles. The second-order valence-corrected chi connectivity index (χ2v) is 15.6. The van der Waals surface area contributed by atoms with Gasteiger partial charge in [0.25, 0.3) is 8.32 Å². The molecule has 0 spiro atoms. The number of hydrogen-bond donors (Lipinski definition) is 1. The van der Waals surface area contributed by atoms with Gasteiger partial charge >= 0.3 is 5.97 Å². The first-order chi connectivity index (χ1) is 22.4. The number of ether oxygens (including phenoxy) is 8. The number of rotatable bonds is 29. The van der Waals surface area contributed by atoms with E-state index in [9.17, 15) is 4.79 Å². The smallest absolute Gasteiger partial charge is 0.329 e. The minimum atomic E-state index is -2.54. The molecule has 0 amide bonds. The number of benzene rings is 2. The molecule has 0 heterocycles. The molecule has 260 valence electrons. The first kappa shape index (κ1) is 39.9. The Morgan fingerprint density at radius 1 is 0.500 bits per heavy atom. The van der Waals surface area contributed by atoms with Gasteiger partial charge in [0.05, 0.1) is 106 Å². The maximum absolute atomic E-state index is 10.3. The Bertz CT molecular complexity index is 966. The summed E-state index contributed by atoms with van der Waals surface area (Å²) in [5.41, 5.74) is 0. The van der Waals surface area contributed by atoms with Gasteiger partial charge in [0, 0.05) is 0 Å². The Morgan fingerprint density at radius 3 is 1.07 bits per heavy atom. The molecule has 0 bridgehead atoms. The fourth-order valence-corrected chi connectivity index (χ4v) is 9.26. The highest BCUT2D eigenvalue weighted by atomic mass is 28.4. The average molecular weight is 667 g/mol. The van der Waals surface area contributed by atoms with Crippen molar-refractivity contribution in [1.29, 1.82) is 0 Å². The molecule has 0 aromatic heterocycles. The standard InChI is InChI=1S/C34H54O11Si/c1-34(2,3)46(31-10-6-4-7-11-31,32-12-8-5-9-13-32)45-29-28-43-25-24-41-21-20-39-17-16-37-14-15-38-18-19-40-22-23-42-26-27-44-30-33(35)36/h4-13H,14-30H2,1-3H3,(H,35,36). The molecule has 11 nitrogen and oxygen atoms in total. The van der Waals surface area contributed by atoms with Gasteiger partial charge < -0.3 is 47.4 Å². The zero-order valence-electron chi connectivity index (χ0n) is 27.8. The first-order valence-electron chi connectivity index (χ1n) is 16.0. The third-order valence-corrected chi connectivity index (χ3v) is 11.8. The minimum absolute atomic E-state index is 0.0597. The summed E-state index contributed by atoms with van der Waals surface area (Å²) < 4.78 is 50.3. The number of carbonyl (C=O) groups is 1. The van der Waals surface area contributed by atoms with Crippen molar-refractivity contribution in [3.8, 4) is 0 Å². The van der Waals surface area contributed by atoms with Crippen molar-refractivity contribution in [2.24, 2.45) is 0 Å². The molecule has 0 aliphatic heterocycles. The van der Waals surface area contributed by atoms with E-state index < -0.39 is 14.3 Å². The van der Waals surface area contributed by atoms with Crippen LogP contribution in [0.2, 0.25) is 5.04 Å². The molecule has 0 aliphatic rings. The molecule has 1 N–H and O–H groups in total. The van der Waals surface area contributed by atoms with Gasteiger partial charge in [-0.3, -0.25) is 0 Å². The van der Waals surface area contributed by atoms with Crippen LogP contribution in [0.15, 0.2) is 60.7 Å². The number of hydrogen-bond acceptors (Lipinski definition) is 10. The van der Waals surface area contributed by atoms with Crippen LogP contribution < -0.4 is 10.4 Å². The van der Waals surface area contributed by atoms with E-state index in [1.54, 1.807) is 0 Å². The van der Waals surface area contributed by atoms with Crippen molar-refractivity contribution in [1.82, 2.24) is 0 Å². The summed E-state index contributed by atoms with van der Waals surface area (Å²) in [4.78, 5) is 10.3. The first-order valence-corrected chi connectivity index (χ1v) is 17.9. The summed E-state index contributed by atoms with van der Waals surface area (Å²) in [5.74, 6) is -0.994. The quantitative estimate of drug-likeness (QED) is 0.102. The number of aliphatic carboxylic acids is 1. The van der Waals surface area contributed by atoms with Gasteiger partial charge in [0.2, 0.25) is 0 Å². The maximum Gasteiger partial charge on any atom is 0.329 e. The lowest BCUT2D eigenvalue weighted by molar-refractivity contribution is -0.142. The van der Waals surface area contributed by atoms with E-state index in [2.05, 4.69) is 69.3 Å². The maximum atomic E-state index is 10.3. The topological polar surface area (TPSA) is 120 Å². The van der Waals surface area contributed by atoms with Crippen molar-refractivity contribution in [2.45, 2.75) is 25.8 Å². The summed E-state index contributed by atoms with van der Waals surface area (Å²) in [6.07, 6.45) is 0. The minimum Gasteiger partial charge on any atom is -0.480 e. The van der Waals surface area contributed by atoms with E-state index in [0.29, 0.717) is 99.1 Å². The zero-order chi connectivity index (χ0) is 33.2. The molecule has 46 heavy (non-hydrogen) atoms. The van der Waals surface area contributed by atoms with Crippen molar-refractivity contribution < 1.29 is 52.2 Å². The fourth-order valence-electron chi connectivity index (χ4n) is 4.71. The summed E-state index contributed by atoms with van der Waals surface area (Å²) in [6.45, 7) is 13.8. The highest BCUT2D eigenvalue weighted by molar-refractivity contribution is 6.99. The van der Waals surface area contributed by atoms with E-state index in [0.717, 1.165) is 0 Å². The van der Waals surface area contributed by atoms with Gasteiger partial charge in [0.15, 0.2) is 0 Å². The van der Waals surface area contributed by atoms with E-state index in [4.69, 9.17) is 47.4 Å². The fraction of sp³-hybridized carbons (Fsp3) is 0.618. The Balaban J connectivity index is 1.40. The van der Waals surface area contributed by atoms with Crippen LogP contribution in [0.5, 0.6) is 0 Å². The van der Waals surface area contributed by atoms with Gasteiger partial charge in [-0.05, 0) is 15.4 Å². The van der Waals surface area contributed by atoms with E-state index in [1.807, 2.05) is 12.1 Å². The molecule has 0 saturated heterocycles. The molecule has 2 aromatic carbocycles. The van der Waals surface area contributed by atoms with Crippen LogP contribution >= 0.6 is 0 Å². The summed E-state index contributed by atoms with van der Waals surface area (Å²) in [5, 5.41) is 10.9. The summed E-state index contributed by atoms with van der Waals surface area (Å²) >= 11 is 0. The molecule has 12 heteroatoms. The number of carboxylic acid groups (broad SMARTS) is 1. The summed E-state index contributed by atoms with van der Waals surface area (Å²) in [7, 11) is -2.54.